The van der Waals surface area contributed by atoms with Gasteiger partial charge >= 0.3 is 6.03 Å². The Morgan fingerprint density at radius 2 is 1.80 bits per heavy atom. The van der Waals surface area contributed by atoms with Crippen LogP contribution in [0.5, 0.6) is 0 Å². The van der Waals surface area contributed by atoms with Gasteiger partial charge in [0.25, 0.3) is 0 Å². The second-order valence-electron chi connectivity index (χ2n) is 7.67. The molecule has 1 unspecified atom stereocenters. The quantitative estimate of drug-likeness (QED) is 0.636. The molecule has 1 saturated heterocycles. The Morgan fingerprint density at radius 3 is 2.20 bits per heavy atom. The molecule has 0 spiro atoms. The Morgan fingerprint density at radius 1 is 1.30 bits per heavy atom. The second kappa shape index (κ2) is 5.90. The number of aliphatic hydroxyl groups excluding tert-OH is 1. The molecule has 0 aliphatic carbocycles. The molecule has 1 heterocycles. The van der Waals surface area contributed by atoms with Crippen molar-refractivity contribution in [3.63, 3.8) is 0 Å². The molecule has 0 radical (unpaired) electrons. The Hall–Kier alpha value is -0.810. The highest BCUT2D eigenvalue weighted by Crippen LogP contribution is 2.28. The highest BCUT2D eigenvalue weighted by Gasteiger charge is 2.38. The maximum absolute atomic E-state index is 12.1. The average Bonchev–Trinajstić information content (AvgIpc) is 2.24. The summed E-state index contributed by atoms with van der Waals surface area (Å²) in [5.74, 6) is 0. The minimum atomic E-state index is -0.554. The first-order valence-electron chi connectivity index (χ1n) is 7.50. The van der Waals surface area contributed by atoms with Crippen molar-refractivity contribution in [1.82, 2.24) is 16.0 Å². The zero-order valence-corrected chi connectivity index (χ0v) is 13.8. The molecule has 0 aromatic rings. The molecule has 4 N–H and O–H groups in total. The van der Waals surface area contributed by atoms with Crippen LogP contribution in [0.1, 0.15) is 60.8 Å². The van der Waals surface area contributed by atoms with Crippen LogP contribution in [0.25, 0.3) is 0 Å². The maximum Gasteiger partial charge on any atom is 0.315 e. The molecule has 1 fully saturated rings. The van der Waals surface area contributed by atoms with Gasteiger partial charge in [0.2, 0.25) is 0 Å². The third kappa shape index (κ3) is 4.94. The highest BCUT2D eigenvalue weighted by molar-refractivity contribution is 5.75. The molecule has 1 aliphatic rings. The lowest BCUT2D eigenvalue weighted by Crippen LogP contribution is -2.63. The van der Waals surface area contributed by atoms with Gasteiger partial charge in [0.05, 0.1) is 12.1 Å². The lowest BCUT2D eigenvalue weighted by molar-refractivity contribution is 0.139. The first-order valence-corrected chi connectivity index (χ1v) is 7.50. The van der Waals surface area contributed by atoms with E-state index in [0.29, 0.717) is 6.42 Å². The van der Waals surface area contributed by atoms with Gasteiger partial charge in [-0.3, -0.25) is 0 Å². The fourth-order valence-electron chi connectivity index (χ4n) is 3.16. The summed E-state index contributed by atoms with van der Waals surface area (Å²) < 4.78 is 0. The van der Waals surface area contributed by atoms with Crippen molar-refractivity contribution in [3.05, 3.63) is 0 Å². The van der Waals surface area contributed by atoms with Crippen molar-refractivity contribution in [2.24, 2.45) is 0 Å². The molecular weight excluding hydrogens is 254 g/mol. The van der Waals surface area contributed by atoms with Gasteiger partial charge in [-0.05, 0) is 53.9 Å². The summed E-state index contributed by atoms with van der Waals surface area (Å²) in [6.07, 6.45) is 2.48. The highest BCUT2D eigenvalue weighted by atomic mass is 16.3. The summed E-state index contributed by atoms with van der Waals surface area (Å²) in [4.78, 5) is 12.1. The van der Waals surface area contributed by atoms with Crippen LogP contribution in [-0.2, 0) is 0 Å². The van der Waals surface area contributed by atoms with E-state index in [1.54, 1.807) is 0 Å². The van der Waals surface area contributed by atoms with Crippen molar-refractivity contribution in [3.8, 4) is 0 Å². The maximum atomic E-state index is 12.1. The lowest BCUT2D eigenvalue weighted by Gasteiger charge is -2.46. The van der Waals surface area contributed by atoms with E-state index in [-0.39, 0.29) is 29.8 Å². The first-order chi connectivity index (χ1) is 9.01. The molecule has 1 aliphatic heterocycles. The summed E-state index contributed by atoms with van der Waals surface area (Å²) in [5, 5.41) is 18.9. The summed E-state index contributed by atoms with van der Waals surface area (Å²) in [7, 11) is 0. The van der Waals surface area contributed by atoms with Gasteiger partial charge in [-0.15, -0.1) is 0 Å². The van der Waals surface area contributed by atoms with Crippen LogP contribution in [0.15, 0.2) is 0 Å². The third-order valence-electron chi connectivity index (χ3n) is 4.07. The average molecular weight is 285 g/mol. The molecule has 5 heteroatoms. The topological polar surface area (TPSA) is 73.4 Å². The van der Waals surface area contributed by atoms with Crippen molar-refractivity contribution in [1.29, 1.82) is 0 Å². The van der Waals surface area contributed by atoms with E-state index in [4.69, 9.17) is 0 Å². The van der Waals surface area contributed by atoms with Crippen LogP contribution >= 0.6 is 0 Å². The Kier molecular flexibility index (Phi) is 5.08. The zero-order valence-electron chi connectivity index (χ0n) is 13.8. The molecule has 0 saturated carbocycles. The van der Waals surface area contributed by atoms with Gasteiger partial charge in [-0.25, -0.2) is 4.79 Å². The van der Waals surface area contributed by atoms with Crippen molar-refractivity contribution < 1.29 is 9.90 Å². The first kappa shape index (κ1) is 17.2. The third-order valence-corrected chi connectivity index (χ3v) is 4.07. The molecule has 1 rings (SSSR count). The molecule has 0 aromatic carbocycles. The minimum Gasteiger partial charge on any atom is -0.394 e. The van der Waals surface area contributed by atoms with E-state index in [0.717, 1.165) is 12.8 Å². The van der Waals surface area contributed by atoms with Crippen LogP contribution in [0.3, 0.4) is 0 Å². The van der Waals surface area contributed by atoms with Crippen LogP contribution in [0.2, 0.25) is 0 Å². The van der Waals surface area contributed by atoms with Crippen molar-refractivity contribution in [2.45, 2.75) is 83.5 Å². The minimum absolute atomic E-state index is 0.00470. The Bertz CT molecular complexity index is 333. The van der Waals surface area contributed by atoms with E-state index >= 15 is 0 Å². The largest absolute Gasteiger partial charge is 0.394 e. The van der Waals surface area contributed by atoms with Crippen molar-refractivity contribution in [2.75, 3.05) is 6.61 Å². The summed E-state index contributed by atoms with van der Waals surface area (Å²) in [6, 6.07) is -0.0528. The molecule has 20 heavy (non-hydrogen) atoms. The summed E-state index contributed by atoms with van der Waals surface area (Å²) in [6.45, 7) is 12.4. The molecule has 5 nitrogen and oxygen atoms in total. The van der Waals surface area contributed by atoms with Crippen LogP contribution in [0.4, 0.5) is 4.79 Å². The number of carbonyl (C=O) groups is 1. The van der Waals surface area contributed by atoms with Crippen LogP contribution in [0, 0.1) is 0 Å². The summed E-state index contributed by atoms with van der Waals surface area (Å²) in [5.41, 5.74) is -0.544. The summed E-state index contributed by atoms with van der Waals surface area (Å²) >= 11 is 0. The fourth-order valence-corrected chi connectivity index (χ4v) is 3.16. The number of urea groups is 1. The standard InChI is InChI=1S/C15H31N3O2/c1-7-15(6,10-19)17-12(20)16-11-8-13(2,3)18-14(4,5)9-11/h11,18-19H,7-10H2,1-6H3,(H2,16,17,20). The van der Waals surface area contributed by atoms with E-state index < -0.39 is 5.54 Å². The van der Waals surface area contributed by atoms with Gasteiger partial charge < -0.3 is 21.1 Å². The molecule has 1 atom stereocenters. The normalized spacial score (nSPS) is 24.8. The fraction of sp³-hybridized carbons (Fsp3) is 0.933. The zero-order chi connectivity index (χ0) is 15.6. The van der Waals surface area contributed by atoms with Crippen molar-refractivity contribution >= 4 is 6.03 Å². The van der Waals surface area contributed by atoms with E-state index in [1.807, 2.05) is 13.8 Å². The second-order valence-corrected chi connectivity index (χ2v) is 7.67. The number of piperidine rings is 1. The van der Waals surface area contributed by atoms with E-state index in [2.05, 4.69) is 43.6 Å². The SMILES string of the molecule is CCC(C)(CO)NC(=O)NC1CC(C)(C)NC(C)(C)C1. The number of amides is 2. The van der Waals surface area contributed by atoms with Gasteiger partial charge in [0.1, 0.15) is 0 Å². The van der Waals surface area contributed by atoms with E-state index in [9.17, 15) is 9.90 Å². The molecule has 0 bridgehead atoms. The van der Waals surface area contributed by atoms with Gasteiger partial charge in [-0.2, -0.15) is 0 Å². The Labute approximate surface area is 122 Å². The van der Waals surface area contributed by atoms with Crippen LogP contribution in [-0.4, -0.2) is 40.4 Å². The van der Waals surface area contributed by atoms with E-state index in [1.165, 1.54) is 0 Å². The number of hydrogen-bond acceptors (Lipinski definition) is 3. The smallest absolute Gasteiger partial charge is 0.315 e. The molecule has 0 aromatic heterocycles. The molecule has 2 amide bonds. The van der Waals surface area contributed by atoms with Gasteiger partial charge in [0, 0.05) is 17.1 Å². The molecular formula is C15H31N3O2. The Balaban J connectivity index is 2.62. The number of nitrogens with one attached hydrogen (secondary N) is 3. The number of hydrogen-bond donors (Lipinski definition) is 4. The lowest BCUT2D eigenvalue weighted by atomic mass is 9.79. The molecule has 118 valence electrons. The van der Waals surface area contributed by atoms with Gasteiger partial charge in [0.15, 0.2) is 0 Å². The predicted molar refractivity (Wildman–Crippen MR) is 81.8 cm³/mol. The van der Waals surface area contributed by atoms with Crippen LogP contribution < -0.4 is 16.0 Å². The number of rotatable bonds is 4. The monoisotopic (exact) mass is 285 g/mol. The predicted octanol–water partition coefficient (Wildman–Crippen LogP) is 1.76. The number of aliphatic hydroxyl groups is 1. The number of carbonyl (C=O) groups excluding carboxylic acids is 1. The van der Waals surface area contributed by atoms with Gasteiger partial charge in [-0.1, -0.05) is 6.92 Å².